The zero-order chi connectivity index (χ0) is 19.3. The van der Waals surface area contributed by atoms with Crippen LogP contribution < -0.4 is 5.73 Å². The molecule has 140 valence electrons. The Bertz CT molecular complexity index is 1160. The molecule has 2 aromatic heterocycles. The molecule has 0 amide bonds. The van der Waals surface area contributed by atoms with Gasteiger partial charge in [0.05, 0.1) is 11.4 Å². The van der Waals surface area contributed by atoms with Crippen molar-refractivity contribution >= 4 is 5.65 Å². The van der Waals surface area contributed by atoms with E-state index in [1.807, 2.05) is 54.6 Å². The van der Waals surface area contributed by atoms with Gasteiger partial charge in [-0.25, -0.2) is 9.37 Å². The second-order valence-corrected chi connectivity index (χ2v) is 7.43. The Kier molecular flexibility index (Phi) is 3.81. The molecule has 0 aliphatic heterocycles. The quantitative estimate of drug-likeness (QED) is 0.529. The lowest BCUT2D eigenvalue weighted by Gasteiger charge is -2.38. The summed E-state index contributed by atoms with van der Waals surface area (Å²) in [6.07, 6.45) is 4.64. The van der Waals surface area contributed by atoms with Crippen LogP contribution >= 0.6 is 0 Å². The number of halogens is 2. The monoisotopic (exact) mass is 375 g/mol. The Balaban J connectivity index is 1.71. The van der Waals surface area contributed by atoms with Gasteiger partial charge in [0.1, 0.15) is 0 Å². The molecule has 1 fully saturated rings. The van der Waals surface area contributed by atoms with E-state index in [0.29, 0.717) is 5.69 Å². The Morgan fingerprint density at radius 3 is 2.25 bits per heavy atom. The van der Waals surface area contributed by atoms with Crippen LogP contribution in [0.2, 0.25) is 0 Å². The van der Waals surface area contributed by atoms with E-state index in [1.54, 1.807) is 4.40 Å². The molecule has 5 rings (SSSR count). The second kappa shape index (κ2) is 6.24. The van der Waals surface area contributed by atoms with Gasteiger partial charge >= 0.3 is 0 Å². The average molecular weight is 375 g/mol. The van der Waals surface area contributed by atoms with E-state index in [0.717, 1.165) is 47.7 Å². The summed E-state index contributed by atoms with van der Waals surface area (Å²) in [5.41, 5.74) is 10.3. The van der Waals surface area contributed by atoms with Gasteiger partial charge in [-0.2, -0.15) is 4.39 Å². The molecular weight excluding hydrogens is 356 g/mol. The third-order valence-corrected chi connectivity index (χ3v) is 5.71. The number of aromatic nitrogens is 2. The minimum atomic E-state index is -0.946. The highest BCUT2D eigenvalue weighted by Crippen LogP contribution is 2.40. The highest BCUT2D eigenvalue weighted by atomic mass is 19.2. The first kappa shape index (κ1) is 17.1. The summed E-state index contributed by atoms with van der Waals surface area (Å²) < 4.78 is 29.8. The number of pyridine rings is 1. The van der Waals surface area contributed by atoms with Gasteiger partial charge < -0.3 is 5.73 Å². The number of rotatable bonds is 3. The third-order valence-electron chi connectivity index (χ3n) is 5.71. The van der Waals surface area contributed by atoms with Crippen molar-refractivity contribution < 1.29 is 8.78 Å². The van der Waals surface area contributed by atoms with Gasteiger partial charge in [-0.05, 0) is 30.9 Å². The van der Waals surface area contributed by atoms with Gasteiger partial charge in [0, 0.05) is 22.9 Å². The summed E-state index contributed by atoms with van der Waals surface area (Å²) in [6, 6.07) is 18.7. The molecule has 1 aliphatic carbocycles. The number of nitrogens with zero attached hydrogens (tertiary/aromatic N) is 2. The smallest absolute Gasteiger partial charge is 0.201 e. The lowest BCUT2D eigenvalue weighted by atomic mass is 9.72. The molecule has 28 heavy (non-hydrogen) atoms. The van der Waals surface area contributed by atoms with Crippen molar-refractivity contribution in [3.8, 4) is 22.5 Å². The first-order chi connectivity index (χ1) is 13.6. The number of fused-ring (bicyclic) bond motifs is 1. The number of imidazole rings is 1. The molecule has 3 nitrogen and oxygen atoms in total. The topological polar surface area (TPSA) is 43.3 Å². The molecule has 0 bridgehead atoms. The fourth-order valence-corrected chi connectivity index (χ4v) is 3.93. The predicted octanol–water partition coefficient (Wildman–Crippen LogP) is 5.28. The number of nitrogens with two attached hydrogens (primary N) is 1. The van der Waals surface area contributed by atoms with Crippen molar-refractivity contribution in [1.82, 2.24) is 9.38 Å². The molecule has 0 atom stereocenters. The molecule has 2 heterocycles. The minimum Gasteiger partial charge on any atom is -0.321 e. The molecule has 1 aliphatic rings. The van der Waals surface area contributed by atoms with Gasteiger partial charge in [0.2, 0.25) is 5.82 Å². The van der Waals surface area contributed by atoms with Crippen LogP contribution in [0.4, 0.5) is 8.78 Å². The summed E-state index contributed by atoms with van der Waals surface area (Å²) in [7, 11) is 0. The van der Waals surface area contributed by atoms with E-state index in [2.05, 4.69) is 4.98 Å². The van der Waals surface area contributed by atoms with Crippen LogP contribution in [0.5, 0.6) is 0 Å². The second-order valence-electron chi connectivity index (χ2n) is 7.43. The first-order valence-corrected chi connectivity index (χ1v) is 9.38. The van der Waals surface area contributed by atoms with Gasteiger partial charge in [-0.15, -0.1) is 0 Å². The molecule has 2 N–H and O–H groups in total. The minimum absolute atomic E-state index is 0.0211. The fourth-order valence-electron chi connectivity index (χ4n) is 3.93. The van der Waals surface area contributed by atoms with Gasteiger partial charge in [-0.3, -0.25) is 4.40 Å². The maximum atomic E-state index is 14.4. The van der Waals surface area contributed by atoms with Crippen molar-refractivity contribution in [2.75, 3.05) is 0 Å². The van der Waals surface area contributed by atoms with Crippen molar-refractivity contribution in [2.24, 2.45) is 5.73 Å². The van der Waals surface area contributed by atoms with Crippen LogP contribution in [0.15, 0.2) is 66.9 Å². The summed E-state index contributed by atoms with van der Waals surface area (Å²) in [5, 5.41) is 0. The maximum absolute atomic E-state index is 14.4. The van der Waals surface area contributed by atoms with E-state index >= 15 is 0 Å². The molecule has 0 unspecified atom stereocenters. The molecule has 5 heteroatoms. The highest BCUT2D eigenvalue weighted by Gasteiger charge is 2.34. The van der Waals surface area contributed by atoms with Crippen molar-refractivity contribution in [1.29, 1.82) is 0 Å². The normalized spacial score (nSPS) is 15.5. The number of hydrogen-bond acceptors (Lipinski definition) is 2. The van der Waals surface area contributed by atoms with Crippen LogP contribution in [-0.4, -0.2) is 9.38 Å². The molecule has 0 radical (unpaired) electrons. The van der Waals surface area contributed by atoms with E-state index in [-0.39, 0.29) is 11.2 Å². The van der Waals surface area contributed by atoms with Crippen LogP contribution in [0.1, 0.15) is 24.8 Å². The third kappa shape index (κ3) is 2.54. The van der Waals surface area contributed by atoms with Gasteiger partial charge in [-0.1, -0.05) is 54.6 Å². The van der Waals surface area contributed by atoms with Crippen LogP contribution in [0, 0.1) is 11.6 Å². The zero-order valence-electron chi connectivity index (χ0n) is 15.2. The molecule has 0 saturated heterocycles. The standard InChI is InChI=1S/C23H19F2N3/c24-18-11-14-28-21(16-5-2-1-3-6-16)20(27-22(28)19(18)25)15-7-9-17(10-8-15)23(26)12-4-13-23/h1-3,5-11,14H,4,12-13,26H2. The van der Waals surface area contributed by atoms with E-state index in [9.17, 15) is 8.78 Å². The Morgan fingerprint density at radius 2 is 1.61 bits per heavy atom. The summed E-state index contributed by atoms with van der Waals surface area (Å²) in [6.45, 7) is 0. The van der Waals surface area contributed by atoms with E-state index in [1.165, 1.54) is 6.20 Å². The van der Waals surface area contributed by atoms with Crippen molar-refractivity contribution in [3.63, 3.8) is 0 Å². The number of benzene rings is 2. The lowest BCUT2D eigenvalue weighted by molar-refractivity contribution is 0.253. The molecule has 2 aromatic carbocycles. The SMILES string of the molecule is NC1(c2ccc(-c3nc4c(F)c(F)ccn4c3-c3ccccc3)cc2)CCC1. The summed E-state index contributed by atoms with van der Waals surface area (Å²) in [4.78, 5) is 4.46. The molecule has 1 saturated carbocycles. The van der Waals surface area contributed by atoms with Gasteiger partial charge in [0.15, 0.2) is 11.5 Å². The van der Waals surface area contributed by atoms with Crippen molar-refractivity contribution in [3.05, 3.63) is 84.1 Å². The van der Waals surface area contributed by atoms with Gasteiger partial charge in [0.25, 0.3) is 0 Å². The Labute approximate surface area is 161 Å². The van der Waals surface area contributed by atoms with Crippen molar-refractivity contribution in [2.45, 2.75) is 24.8 Å². The predicted molar refractivity (Wildman–Crippen MR) is 106 cm³/mol. The fraction of sp³-hybridized carbons (Fsp3) is 0.174. The van der Waals surface area contributed by atoms with E-state index < -0.39 is 11.6 Å². The molecular formula is C23H19F2N3. The van der Waals surface area contributed by atoms with Crippen LogP contribution in [0.3, 0.4) is 0 Å². The summed E-state index contributed by atoms with van der Waals surface area (Å²) >= 11 is 0. The largest absolute Gasteiger partial charge is 0.321 e. The molecule has 0 spiro atoms. The maximum Gasteiger partial charge on any atom is 0.201 e. The van der Waals surface area contributed by atoms with E-state index in [4.69, 9.17) is 5.73 Å². The Morgan fingerprint density at radius 1 is 0.893 bits per heavy atom. The zero-order valence-corrected chi connectivity index (χ0v) is 15.2. The molecule has 4 aromatic rings. The Hall–Kier alpha value is -3.05. The first-order valence-electron chi connectivity index (χ1n) is 9.38. The van der Waals surface area contributed by atoms with Crippen LogP contribution in [-0.2, 0) is 5.54 Å². The average Bonchev–Trinajstić information content (AvgIpc) is 3.10. The van der Waals surface area contributed by atoms with Crippen LogP contribution in [0.25, 0.3) is 28.2 Å². The lowest BCUT2D eigenvalue weighted by Crippen LogP contribution is -2.43. The highest BCUT2D eigenvalue weighted by molar-refractivity contribution is 5.82. The number of hydrogen-bond donors (Lipinski definition) is 1. The summed E-state index contributed by atoms with van der Waals surface area (Å²) in [5.74, 6) is -1.85.